The van der Waals surface area contributed by atoms with Gasteiger partial charge in [0.25, 0.3) is 0 Å². The summed E-state index contributed by atoms with van der Waals surface area (Å²) in [7, 11) is -1.69. The van der Waals surface area contributed by atoms with Crippen molar-refractivity contribution in [3.05, 3.63) is 40.2 Å². The Kier molecular flexibility index (Phi) is 11.2. The van der Waals surface area contributed by atoms with Crippen LogP contribution in [0, 0.1) is 0 Å². The molecule has 0 aliphatic heterocycles. The maximum absolute atomic E-state index is 13.0. The van der Waals surface area contributed by atoms with Crippen molar-refractivity contribution in [2.24, 2.45) is 0 Å². The molecule has 168 valence electrons. The van der Waals surface area contributed by atoms with Crippen molar-refractivity contribution in [3.8, 4) is 0 Å². The van der Waals surface area contributed by atoms with Crippen molar-refractivity contribution in [1.29, 1.82) is 0 Å². The number of ether oxygens (including phenoxy) is 1. The number of unbranched alkanes of at least 4 members (excludes halogenated alkanes) is 3. The van der Waals surface area contributed by atoms with E-state index < -0.39 is 13.4 Å². The van der Waals surface area contributed by atoms with Crippen molar-refractivity contribution in [2.45, 2.75) is 66.2 Å². The van der Waals surface area contributed by atoms with Crippen LogP contribution in [0.3, 0.4) is 0 Å². The summed E-state index contributed by atoms with van der Waals surface area (Å²) in [5, 5.41) is 5.30. The highest BCUT2D eigenvalue weighted by atomic mass is 31.2. The molecular weight excluding hydrogens is 402 g/mol. The van der Waals surface area contributed by atoms with E-state index >= 15 is 0 Å². The van der Waals surface area contributed by atoms with E-state index in [4.69, 9.17) is 9.84 Å². The maximum Gasteiger partial charge on any atom is 0.363 e. The molecule has 0 spiro atoms. The lowest BCUT2D eigenvalue weighted by Gasteiger charge is -2.29. The number of aromatic nitrogens is 2. The second kappa shape index (κ2) is 12.8. The van der Waals surface area contributed by atoms with Crippen molar-refractivity contribution >= 4 is 24.3 Å². The van der Waals surface area contributed by atoms with Gasteiger partial charge in [0.05, 0.1) is 30.5 Å². The summed E-state index contributed by atoms with van der Waals surface area (Å²) in [4.78, 5) is 25.5. The highest BCUT2D eigenvalue weighted by Gasteiger charge is 2.41. The van der Waals surface area contributed by atoms with Crippen LogP contribution in [0.2, 0.25) is 0 Å². The molecule has 0 atom stereocenters. The van der Waals surface area contributed by atoms with Crippen LogP contribution < -0.4 is 10.1 Å². The van der Waals surface area contributed by atoms with Crippen LogP contribution in [0.1, 0.15) is 76.7 Å². The molecule has 0 aliphatic rings. The molecule has 0 radical (unpaired) electrons. The Labute approximate surface area is 180 Å². The number of esters is 1. The fourth-order valence-corrected chi connectivity index (χ4v) is 8.66. The fourth-order valence-electron chi connectivity index (χ4n) is 3.79. The Morgan fingerprint density at radius 1 is 0.967 bits per heavy atom. The minimum atomic E-state index is -1.69. The molecule has 7 heteroatoms. The standard InChI is InChI=1S/C23H36N2O3P.FH/c1-5-9-16-29(17-10-6-2,18-11-7-3)25-20-15-13-12-14-19(20)22(26)21(24-25)23(27)28-8-4;/h12-15H,5-11,16-18H2,1-4H3;1H/q+1;/p-1. The lowest BCUT2D eigenvalue weighted by Crippen LogP contribution is -3.00. The molecule has 1 aromatic heterocycles. The van der Waals surface area contributed by atoms with Crippen molar-refractivity contribution in [3.63, 3.8) is 0 Å². The molecule has 30 heavy (non-hydrogen) atoms. The number of fused-ring (bicyclic) bond motifs is 1. The predicted octanol–water partition coefficient (Wildman–Crippen LogP) is 2.76. The second-order valence-electron chi connectivity index (χ2n) is 7.63. The van der Waals surface area contributed by atoms with E-state index in [0.717, 1.165) is 62.5 Å². The summed E-state index contributed by atoms with van der Waals surface area (Å²) >= 11 is 0. The largest absolute Gasteiger partial charge is 1.00 e. The summed E-state index contributed by atoms with van der Waals surface area (Å²) < 4.78 is 7.29. The van der Waals surface area contributed by atoms with Gasteiger partial charge in [0.1, 0.15) is 12.9 Å². The van der Waals surface area contributed by atoms with E-state index in [0.29, 0.717) is 5.39 Å². The van der Waals surface area contributed by atoms with Crippen molar-refractivity contribution in [2.75, 3.05) is 25.1 Å². The average molecular weight is 439 g/mol. The third-order valence-electron chi connectivity index (χ3n) is 5.43. The van der Waals surface area contributed by atoms with E-state index in [9.17, 15) is 9.59 Å². The van der Waals surface area contributed by atoms with Crippen LogP contribution in [0.5, 0.6) is 0 Å². The van der Waals surface area contributed by atoms with Crippen LogP contribution in [-0.4, -0.2) is 40.6 Å². The molecule has 0 saturated carbocycles. The van der Waals surface area contributed by atoms with Gasteiger partial charge in [0.15, 0.2) is 0 Å². The number of carbonyl (C=O) groups excluding carboxylic acids is 1. The molecule has 0 amide bonds. The summed E-state index contributed by atoms with van der Waals surface area (Å²) in [6.07, 6.45) is 10.1. The Morgan fingerprint density at radius 3 is 2.00 bits per heavy atom. The van der Waals surface area contributed by atoms with Gasteiger partial charge in [0, 0.05) is 0 Å². The van der Waals surface area contributed by atoms with E-state index in [1.54, 1.807) is 6.92 Å². The summed E-state index contributed by atoms with van der Waals surface area (Å²) in [5.74, 6) is -0.614. The van der Waals surface area contributed by atoms with Crippen molar-refractivity contribution in [1.82, 2.24) is 9.55 Å². The second-order valence-corrected chi connectivity index (χ2v) is 11.5. The number of para-hydroxylation sites is 1. The van der Waals surface area contributed by atoms with Gasteiger partial charge in [-0.1, -0.05) is 52.2 Å². The van der Waals surface area contributed by atoms with Gasteiger partial charge < -0.3 is 9.44 Å². The van der Waals surface area contributed by atoms with Gasteiger partial charge in [0.2, 0.25) is 11.1 Å². The number of halogens is 1. The molecule has 1 aromatic carbocycles. The Balaban J connectivity index is 0.00000450. The minimum Gasteiger partial charge on any atom is -1.00 e. The number of benzene rings is 1. The molecule has 1 heterocycles. The topological polar surface area (TPSA) is 61.2 Å². The van der Waals surface area contributed by atoms with Gasteiger partial charge in [-0.3, -0.25) is 4.79 Å². The van der Waals surface area contributed by atoms with Gasteiger partial charge in [-0.15, -0.1) is 9.55 Å². The van der Waals surface area contributed by atoms with Crippen LogP contribution in [0.15, 0.2) is 29.1 Å². The normalized spacial score (nSPS) is 11.3. The third kappa shape index (κ3) is 5.87. The molecule has 0 aliphatic carbocycles. The molecule has 0 N–H and O–H groups in total. The average Bonchev–Trinajstić information content (AvgIpc) is 2.74. The van der Waals surface area contributed by atoms with Crippen LogP contribution >= 0.6 is 7.41 Å². The number of carbonyl (C=O) groups is 1. The van der Waals surface area contributed by atoms with Gasteiger partial charge in [-0.05, 0) is 38.3 Å². The smallest absolute Gasteiger partial charge is 0.363 e. The molecular formula is C23H36FN2O3P. The van der Waals surface area contributed by atoms with Crippen molar-refractivity contribution < 1.29 is 14.2 Å². The monoisotopic (exact) mass is 438 g/mol. The Morgan fingerprint density at radius 2 is 1.50 bits per heavy atom. The first-order valence-corrected chi connectivity index (χ1v) is 13.4. The maximum atomic E-state index is 13.0. The first kappa shape index (κ1) is 26.2. The zero-order valence-corrected chi connectivity index (χ0v) is 19.7. The van der Waals surface area contributed by atoms with Gasteiger partial charge in [-0.25, -0.2) is 4.79 Å². The fraction of sp³-hybridized carbons (Fsp3) is 0.609. The predicted molar refractivity (Wildman–Crippen MR) is 124 cm³/mol. The molecule has 0 saturated heterocycles. The van der Waals surface area contributed by atoms with Crippen LogP contribution in [-0.2, 0) is 4.74 Å². The first-order valence-electron chi connectivity index (χ1n) is 11.1. The molecule has 2 rings (SSSR count). The zero-order valence-electron chi connectivity index (χ0n) is 18.8. The highest BCUT2D eigenvalue weighted by Crippen LogP contribution is 2.62. The minimum absolute atomic E-state index is 0. The highest BCUT2D eigenvalue weighted by molar-refractivity contribution is 7.74. The Bertz CT molecular complexity index is 847. The number of nitrogens with zero attached hydrogens (tertiary/aromatic N) is 2. The van der Waals surface area contributed by atoms with E-state index in [1.807, 2.05) is 24.3 Å². The van der Waals surface area contributed by atoms with Crippen LogP contribution in [0.25, 0.3) is 10.9 Å². The van der Waals surface area contributed by atoms with E-state index in [-0.39, 0.29) is 22.4 Å². The molecule has 0 bridgehead atoms. The molecule has 5 nitrogen and oxygen atoms in total. The zero-order chi connectivity index (χ0) is 21.3. The van der Waals surface area contributed by atoms with E-state index in [2.05, 4.69) is 25.2 Å². The molecule has 0 unspecified atom stereocenters. The number of hydrogen-bond donors (Lipinski definition) is 0. The van der Waals surface area contributed by atoms with Gasteiger partial charge in [-0.2, -0.15) is 0 Å². The number of hydrogen-bond acceptors (Lipinski definition) is 4. The quantitative estimate of drug-likeness (QED) is 0.378. The summed E-state index contributed by atoms with van der Waals surface area (Å²) in [6.45, 7) is 8.63. The van der Waals surface area contributed by atoms with E-state index in [1.165, 1.54) is 0 Å². The first-order chi connectivity index (χ1) is 14.0. The molecule has 0 fully saturated rings. The summed E-state index contributed by atoms with van der Waals surface area (Å²) in [6, 6.07) is 7.61. The Hall–Kier alpha value is -1.81. The van der Waals surface area contributed by atoms with Crippen LogP contribution in [0.4, 0.5) is 0 Å². The SMILES string of the molecule is CCCC[P+](CCCC)(CCCC)n1nc(C(=O)OCC)c(=O)c2ccccc21.[F-]. The lowest BCUT2D eigenvalue weighted by atomic mass is 10.2. The summed E-state index contributed by atoms with van der Waals surface area (Å²) in [5.41, 5.74) is 0.469. The molecule has 2 aromatic rings. The third-order valence-corrected chi connectivity index (χ3v) is 9.98. The lowest BCUT2D eigenvalue weighted by molar-refractivity contribution is -0.0000245. The number of rotatable bonds is 12. The van der Waals surface area contributed by atoms with Gasteiger partial charge >= 0.3 is 5.97 Å².